The van der Waals surface area contributed by atoms with Gasteiger partial charge in [-0.15, -0.1) is 0 Å². The molecule has 104 valence electrons. The summed E-state index contributed by atoms with van der Waals surface area (Å²) in [6.07, 6.45) is 0. The summed E-state index contributed by atoms with van der Waals surface area (Å²) in [4.78, 5) is 16.6. The monoisotopic (exact) mass is 360 g/mol. The van der Waals surface area contributed by atoms with Crippen LogP contribution in [-0.4, -0.2) is 10.9 Å². The van der Waals surface area contributed by atoms with Gasteiger partial charge in [0.15, 0.2) is 0 Å². The summed E-state index contributed by atoms with van der Waals surface area (Å²) in [5.41, 5.74) is 1.76. The van der Waals surface area contributed by atoms with Crippen LogP contribution in [0, 0.1) is 0 Å². The minimum absolute atomic E-state index is 0.274. The molecule has 1 heterocycles. The van der Waals surface area contributed by atoms with Crippen molar-refractivity contribution in [3.63, 3.8) is 0 Å². The van der Waals surface area contributed by atoms with Gasteiger partial charge >= 0.3 is 0 Å². The zero-order chi connectivity index (χ0) is 14.8. The Labute approximate surface area is 135 Å². The van der Waals surface area contributed by atoms with Crippen molar-refractivity contribution in [2.75, 3.05) is 5.32 Å². The second-order valence-electron chi connectivity index (χ2n) is 4.44. The topological polar surface area (TPSA) is 42.0 Å². The number of aromatic nitrogens is 1. The van der Waals surface area contributed by atoms with E-state index in [1.807, 2.05) is 30.3 Å². The Morgan fingerprint density at radius 3 is 2.71 bits per heavy atom. The van der Waals surface area contributed by atoms with Crippen LogP contribution in [0.4, 0.5) is 5.69 Å². The van der Waals surface area contributed by atoms with E-state index >= 15 is 0 Å². The number of benzene rings is 2. The summed E-state index contributed by atoms with van der Waals surface area (Å²) in [6.45, 7) is 0. The van der Waals surface area contributed by atoms with Crippen molar-refractivity contribution in [1.82, 2.24) is 4.98 Å². The van der Waals surface area contributed by atoms with Gasteiger partial charge in [-0.05, 0) is 40.2 Å². The minimum atomic E-state index is -0.274. The average Bonchev–Trinajstić information content (AvgIpc) is 2.51. The maximum Gasteiger partial charge on any atom is 0.274 e. The summed E-state index contributed by atoms with van der Waals surface area (Å²) in [5, 5.41) is 4.34. The number of carbonyl (C=O) groups is 1. The Balaban J connectivity index is 1.91. The predicted octanol–water partition coefficient (Wildman–Crippen LogP) is 4.90. The van der Waals surface area contributed by atoms with E-state index in [-0.39, 0.29) is 5.91 Å². The molecule has 1 aromatic heterocycles. The Morgan fingerprint density at radius 1 is 1.05 bits per heavy atom. The van der Waals surface area contributed by atoms with Crippen LogP contribution in [0.3, 0.4) is 0 Å². The highest BCUT2D eigenvalue weighted by Gasteiger charge is 2.11. The van der Waals surface area contributed by atoms with Crippen molar-refractivity contribution in [3.8, 4) is 0 Å². The number of nitrogens with one attached hydrogen (secondary N) is 1. The van der Waals surface area contributed by atoms with Crippen molar-refractivity contribution in [3.05, 3.63) is 69.8 Å². The molecular formula is C16H10BrClN2O. The van der Waals surface area contributed by atoms with Crippen LogP contribution in [0.25, 0.3) is 10.9 Å². The lowest BCUT2D eigenvalue weighted by atomic mass is 10.2. The number of fused-ring (bicyclic) bond motifs is 1. The molecule has 0 fully saturated rings. The third kappa shape index (κ3) is 2.91. The standard InChI is InChI=1S/C16H10BrClN2O/c17-15-11(18)5-3-7-13(15)20-16(21)14-9-8-10-4-1-2-6-12(10)19-14/h1-9H,(H,20,21). The minimum Gasteiger partial charge on any atom is -0.320 e. The molecule has 0 aliphatic heterocycles. The van der Waals surface area contributed by atoms with Crippen LogP contribution >= 0.6 is 27.5 Å². The molecule has 0 saturated heterocycles. The Hall–Kier alpha value is -1.91. The third-order valence-corrected chi connectivity index (χ3v) is 4.43. The fourth-order valence-electron chi connectivity index (χ4n) is 1.98. The fraction of sp³-hybridized carbons (Fsp3) is 0. The van der Waals surface area contributed by atoms with Crippen LogP contribution in [0.1, 0.15) is 10.5 Å². The molecule has 2 aromatic carbocycles. The first-order valence-corrected chi connectivity index (χ1v) is 7.43. The lowest BCUT2D eigenvalue weighted by Gasteiger charge is -2.08. The molecule has 21 heavy (non-hydrogen) atoms. The number of halogens is 2. The normalized spacial score (nSPS) is 10.6. The van der Waals surface area contributed by atoms with Gasteiger partial charge in [0.2, 0.25) is 0 Å². The lowest BCUT2D eigenvalue weighted by molar-refractivity contribution is 0.102. The Kier molecular flexibility index (Phi) is 3.90. The first kappa shape index (κ1) is 14.0. The van der Waals surface area contributed by atoms with E-state index in [0.717, 1.165) is 10.9 Å². The number of para-hydroxylation sites is 1. The molecule has 0 aliphatic carbocycles. The largest absolute Gasteiger partial charge is 0.320 e. The molecule has 3 rings (SSSR count). The van der Waals surface area contributed by atoms with E-state index in [2.05, 4.69) is 26.2 Å². The number of hydrogen-bond donors (Lipinski definition) is 1. The molecule has 1 amide bonds. The van der Waals surface area contributed by atoms with Crippen LogP contribution < -0.4 is 5.32 Å². The zero-order valence-corrected chi connectivity index (χ0v) is 13.1. The fourth-order valence-corrected chi connectivity index (χ4v) is 2.52. The van der Waals surface area contributed by atoms with E-state index in [1.165, 1.54) is 0 Å². The van der Waals surface area contributed by atoms with Gasteiger partial charge in [0.05, 0.1) is 20.7 Å². The van der Waals surface area contributed by atoms with Gasteiger partial charge in [-0.2, -0.15) is 0 Å². The summed E-state index contributed by atoms with van der Waals surface area (Å²) >= 11 is 9.36. The van der Waals surface area contributed by atoms with Crippen LogP contribution in [0.2, 0.25) is 5.02 Å². The molecule has 3 nitrogen and oxygen atoms in total. The Morgan fingerprint density at radius 2 is 1.86 bits per heavy atom. The Bertz CT molecular complexity index is 835. The number of anilines is 1. The number of hydrogen-bond acceptors (Lipinski definition) is 2. The van der Waals surface area contributed by atoms with Gasteiger partial charge in [0, 0.05) is 5.39 Å². The van der Waals surface area contributed by atoms with Gasteiger partial charge < -0.3 is 5.32 Å². The maximum atomic E-state index is 12.3. The number of amides is 1. The van der Waals surface area contributed by atoms with Gasteiger partial charge in [0.1, 0.15) is 5.69 Å². The van der Waals surface area contributed by atoms with Crippen molar-refractivity contribution >= 4 is 50.0 Å². The van der Waals surface area contributed by atoms with Gasteiger partial charge in [-0.25, -0.2) is 4.98 Å². The highest BCUT2D eigenvalue weighted by molar-refractivity contribution is 9.10. The lowest BCUT2D eigenvalue weighted by Crippen LogP contribution is -2.14. The van der Waals surface area contributed by atoms with Gasteiger partial charge in [-0.1, -0.05) is 41.9 Å². The molecule has 0 saturated carbocycles. The van der Waals surface area contributed by atoms with Crippen molar-refractivity contribution in [2.24, 2.45) is 0 Å². The van der Waals surface area contributed by atoms with Crippen LogP contribution in [0.15, 0.2) is 59.1 Å². The van der Waals surface area contributed by atoms with Crippen molar-refractivity contribution in [2.45, 2.75) is 0 Å². The van der Waals surface area contributed by atoms with Gasteiger partial charge in [-0.3, -0.25) is 4.79 Å². The van der Waals surface area contributed by atoms with Crippen LogP contribution in [-0.2, 0) is 0 Å². The molecule has 0 unspecified atom stereocenters. The number of carbonyl (C=O) groups excluding carboxylic acids is 1. The van der Waals surface area contributed by atoms with E-state index < -0.39 is 0 Å². The molecule has 1 N–H and O–H groups in total. The molecule has 0 spiro atoms. The summed E-state index contributed by atoms with van der Waals surface area (Å²) in [5.74, 6) is -0.274. The van der Waals surface area contributed by atoms with Crippen molar-refractivity contribution in [1.29, 1.82) is 0 Å². The molecule has 5 heteroatoms. The molecule has 0 aliphatic rings. The third-order valence-electron chi connectivity index (χ3n) is 3.03. The summed E-state index contributed by atoms with van der Waals surface area (Å²) in [7, 11) is 0. The number of rotatable bonds is 2. The number of nitrogens with zero attached hydrogens (tertiary/aromatic N) is 1. The first-order valence-electron chi connectivity index (χ1n) is 6.26. The SMILES string of the molecule is O=C(Nc1cccc(Cl)c1Br)c1ccc2ccccc2n1. The average molecular weight is 362 g/mol. The molecule has 0 bridgehead atoms. The molecule has 0 atom stereocenters. The van der Waals surface area contributed by atoms with Crippen molar-refractivity contribution < 1.29 is 4.79 Å². The van der Waals surface area contributed by atoms with Gasteiger partial charge in [0.25, 0.3) is 5.91 Å². The number of pyridine rings is 1. The predicted molar refractivity (Wildman–Crippen MR) is 88.8 cm³/mol. The van der Waals surface area contributed by atoms with E-state index in [4.69, 9.17) is 11.6 Å². The van der Waals surface area contributed by atoms with E-state index in [0.29, 0.717) is 20.9 Å². The second kappa shape index (κ2) is 5.84. The van der Waals surface area contributed by atoms with Crippen LogP contribution in [0.5, 0.6) is 0 Å². The molecular weight excluding hydrogens is 352 g/mol. The van der Waals surface area contributed by atoms with E-state index in [9.17, 15) is 4.79 Å². The maximum absolute atomic E-state index is 12.3. The molecule has 3 aromatic rings. The quantitative estimate of drug-likeness (QED) is 0.705. The second-order valence-corrected chi connectivity index (χ2v) is 5.64. The highest BCUT2D eigenvalue weighted by atomic mass is 79.9. The summed E-state index contributed by atoms with van der Waals surface area (Å²) < 4.78 is 0.654. The summed E-state index contributed by atoms with van der Waals surface area (Å²) in [6, 6.07) is 16.5. The smallest absolute Gasteiger partial charge is 0.274 e. The molecule has 0 radical (unpaired) electrons. The van der Waals surface area contributed by atoms with E-state index in [1.54, 1.807) is 24.3 Å². The highest BCUT2D eigenvalue weighted by Crippen LogP contribution is 2.30. The first-order chi connectivity index (χ1) is 10.1. The zero-order valence-electron chi connectivity index (χ0n) is 10.8.